The van der Waals surface area contributed by atoms with E-state index in [0.29, 0.717) is 27.8 Å². The minimum Gasteiger partial charge on any atom is -0.495 e. The highest BCUT2D eigenvalue weighted by molar-refractivity contribution is 6.34. The van der Waals surface area contributed by atoms with Crippen LogP contribution in [0.4, 0.5) is 17.1 Å². The fraction of sp³-hybridized carbons (Fsp3) is 0.0588. The number of rotatable bonds is 5. The van der Waals surface area contributed by atoms with Gasteiger partial charge in [0.15, 0.2) is 0 Å². The number of carbonyl (C=O) groups excluding carboxylic acids is 1. The van der Waals surface area contributed by atoms with Crippen molar-refractivity contribution >= 4 is 34.6 Å². The van der Waals surface area contributed by atoms with E-state index in [1.54, 1.807) is 30.3 Å². The van der Waals surface area contributed by atoms with E-state index in [-0.39, 0.29) is 5.57 Å². The van der Waals surface area contributed by atoms with Crippen molar-refractivity contribution < 1.29 is 9.53 Å². The van der Waals surface area contributed by atoms with Gasteiger partial charge in [0.1, 0.15) is 17.4 Å². The third-order valence-corrected chi connectivity index (χ3v) is 3.40. The molecule has 0 atom stereocenters. The van der Waals surface area contributed by atoms with Gasteiger partial charge in [-0.2, -0.15) is 5.26 Å². The van der Waals surface area contributed by atoms with Gasteiger partial charge in [0.05, 0.1) is 23.5 Å². The lowest BCUT2D eigenvalue weighted by molar-refractivity contribution is -0.112. The zero-order valence-electron chi connectivity index (χ0n) is 12.8. The van der Waals surface area contributed by atoms with Gasteiger partial charge in [-0.15, -0.1) is 0 Å². The molecule has 0 spiro atoms. The number of hydrogen-bond donors (Lipinski definition) is 3. The van der Waals surface area contributed by atoms with Crippen LogP contribution in [0.3, 0.4) is 0 Å². The minimum atomic E-state index is -0.591. The smallest absolute Gasteiger partial charge is 0.267 e. The molecule has 2 rings (SSSR count). The average molecular weight is 343 g/mol. The number of para-hydroxylation sites is 2. The number of benzene rings is 2. The van der Waals surface area contributed by atoms with Gasteiger partial charge in [0.2, 0.25) is 0 Å². The first-order valence-corrected chi connectivity index (χ1v) is 7.29. The van der Waals surface area contributed by atoms with Crippen molar-refractivity contribution in [1.29, 1.82) is 5.26 Å². The van der Waals surface area contributed by atoms with Crippen LogP contribution in [0.15, 0.2) is 54.2 Å². The van der Waals surface area contributed by atoms with Crippen molar-refractivity contribution in [3.63, 3.8) is 0 Å². The second-order valence-electron chi connectivity index (χ2n) is 4.71. The standard InChI is InChI=1S/C17H15ClN4O2/c1-24-16-5-3-2-4-15(16)21-10-11(9-19)17(23)22-14-7-6-12(20)8-13(14)18/h2-8,10,21H,20H2,1H3,(H,22,23)/b11-10-. The average Bonchev–Trinajstić information content (AvgIpc) is 2.58. The van der Waals surface area contributed by atoms with E-state index in [2.05, 4.69) is 10.6 Å². The van der Waals surface area contributed by atoms with Gasteiger partial charge >= 0.3 is 0 Å². The molecule has 0 saturated heterocycles. The van der Waals surface area contributed by atoms with Crippen LogP contribution in [0, 0.1) is 11.3 Å². The number of carbonyl (C=O) groups is 1. The third-order valence-electron chi connectivity index (χ3n) is 3.09. The van der Waals surface area contributed by atoms with Gasteiger partial charge in [-0.3, -0.25) is 4.79 Å². The van der Waals surface area contributed by atoms with Crippen LogP contribution in [0.5, 0.6) is 5.75 Å². The largest absolute Gasteiger partial charge is 0.495 e. The van der Waals surface area contributed by atoms with Crippen molar-refractivity contribution in [2.45, 2.75) is 0 Å². The highest BCUT2D eigenvalue weighted by Gasteiger charge is 2.12. The molecule has 0 aliphatic carbocycles. The Morgan fingerprint density at radius 1 is 1.29 bits per heavy atom. The molecule has 7 heteroatoms. The lowest BCUT2D eigenvalue weighted by Gasteiger charge is -2.09. The summed E-state index contributed by atoms with van der Waals surface area (Å²) in [7, 11) is 1.53. The van der Waals surface area contributed by atoms with E-state index in [1.165, 1.54) is 19.4 Å². The zero-order valence-corrected chi connectivity index (χ0v) is 13.6. The predicted molar refractivity (Wildman–Crippen MR) is 94.8 cm³/mol. The van der Waals surface area contributed by atoms with Crippen LogP contribution in [-0.2, 0) is 4.79 Å². The molecule has 122 valence electrons. The van der Waals surface area contributed by atoms with Gasteiger partial charge in [0.25, 0.3) is 5.91 Å². The first-order chi connectivity index (χ1) is 11.5. The zero-order chi connectivity index (χ0) is 17.5. The third kappa shape index (κ3) is 4.18. The Balaban J connectivity index is 2.15. The molecule has 0 saturated carbocycles. The van der Waals surface area contributed by atoms with E-state index in [1.807, 2.05) is 12.1 Å². The summed E-state index contributed by atoms with van der Waals surface area (Å²) in [6.07, 6.45) is 1.30. The molecule has 24 heavy (non-hydrogen) atoms. The lowest BCUT2D eigenvalue weighted by Crippen LogP contribution is -2.15. The second-order valence-corrected chi connectivity index (χ2v) is 5.12. The Morgan fingerprint density at radius 2 is 2.04 bits per heavy atom. The summed E-state index contributed by atoms with van der Waals surface area (Å²) >= 11 is 6.00. The van der Waals surface area contributed by atoms with E-state index in [0.717, 1.165) is 0 Å². The highest BCUT2D eigenvalue weighted by atomic mass is 35.5. The van der Waals surface area contributed by atoms with Crippen LogP contribution < -0.4 is 21.1 Å². The van der Waals surface area contributed by atoms with Crippen LogP contribution in [0.25, 0.3) is 0 Å². The van der Waals surface area contributed by atoms with Gasteiger partial charge in [-0.05, 0) is 30.3 Å². The molecule has 0 unspecified atom stereocenters. The summed E-state index contributed by atoms with van der Waals surface area (Å²) in [4.78, 5) is 12.2. The van der Waals surface area contributed by atoms with Crippen molar-refractivity contribution in [2.75, 3.05) is 23.5 Å². The molecule has 6 nitrogen and oxygen atoms in total. The molecule has 4 N–H and O–H groups in total. The molecule has 0 fully saturated rings. The van der Waals surface area contributed by atoms with E-state index in [9.17, 15) is 10.1 Å². The molecular weight excluding hydrogens is 328 g/mol. The molecule has 1 amide bonds. The molecular formula is C17H15ClN4O2. The monoisotopic (exact) mass is 342 g/mol. The SMILES string of the molecule is COc1ccccc1N/C=C(/C#N)C(=O)Nc1ccc(N)cc1Cl. The maximum Gasteiger partial charge on any atom is 0.267 e. The summed E-state index contributed by atoms with van der Waals surface area (Å²) in [5.41, 5.74) is 6.96. The molecule has 0 heterocycles. The fourth-order valence-corrected chi connectivity index (χ4v) is 2.12. The van der Waals surface area contributed by atoms with Gasteiger partial charge < -0.3 is 21.1 Å². The quantitative estimate of drug-likeness (QED) is 0.439. The van der Waals surface area contributed by atoms with Gasteiger partial charge in [-0.1, -0.05) is 23.7 Å². The van der Waals surface area contributed by atoms with Crippen molar-refractivity contribution in [3.05, 3.63) is 59.3 Å². The number of nitrogens with one attached hydrogen (secondary N) is 2. The highest BCUT2D eigenvalue weighted by Crippen LogP contribution is 2.25. The molecule has 0 radical (unpaired) electrons. The summed E-state index contributed by atoms with van der Waals surface area (Å²) in [6.45, 7) is 0. The summed E-state index contributed by atoms with van der Waals surface area (Å²) < 4.78 is 5.19. The molecule has 0 aliphatic heterocycles. The van der Waals surface area contributed by atoms with E-state index < -0.39 is 5.91 Å². The minimum absolute atomic E-state index is 0.117. The fourth-order valence-electron chi connectivity index (χ4n) is 1.88. The molecule has 0 aliphatic rings. The van der Waals surface area contributed by atoms with Crippen LogP contribution >= 0.6 is 11.6 Å². The van der Waals surface area contributed by atoms with Crippen LogP contribution in [0.1, 0.15) is 0 Å². The molecule has 2 aromatic rings. The maximum absolute atomic E-state index is 12.2. The normalized spacial score (nSPS) is 10.6. The maximum atomic E-state index is 12.2. The Hall–Kier alpha value is -3.17. The number of anilines is 3. The number of ether oxygens (including phenoxy) is 1. The van der Waals surface area contributed by atoms with Crippen molar-refractivity contribution in [3.8, 4) is 11.8 Å². The lowest BCUT2D eigenvalue weighted by atomic mass is 10.2. The summed E-state index contributed by atoms with van der Waals surface area (Å²) in [5, 5.41) is 14.9. The number of methoxy groups -OCH3 is 1. The topological polar surface area (TPSA) is 100 Å². The Bertz CT molecular complexity index is 828. The Morgan fingerprint density at radius 3 is 2.71 bits per heavy atom. The van der Waals surface area contributed by atoms with Crippen molar-refractivity contribution in [2.24, 2.45) is 0 Å². The summed E-state index contributed by atoms with van der Waals surface area (Å²) in [5.74, 6) is -0.000374. The van der Waals surface area contributed by atoms with Gasteiger partial charge in [0, 0.05) is 11.9 Å². The predicted octanol–water partition coefficient (Wildman–Crippen LogP) is 3.39. The number of hydrogen-bond acceptors (Lipinski definition) is 5. The second kappa shape index (κ2) is 7.90. The number of halogens is 1. The first-order valence-electron chi connectivity index (χ1n) is 6.91. The Kier molecular flexibility index (Phi) is 5.66. The number of nitrogens with two attached hydrogens (primary N) is 1. The number of amides is 1. The van der Waals surface area contributed by atoms with Gasteiger partial charge in [-0.25, -0.2) is 0 Å². The molecule has 0 aromatic heterocycles. The van der Waals surface area contributed by atoms with E-state index in [4.69, 9.17) is 22.1 Å². The van der Waals surface area contributed by atoms with E-state index >= 15 is 0 Å². The van der Waals surface area contributed by atoms with Crippen molar-refractivity contribution in [1.82, 2.24) is 0 Å². The Labute approximate surface area is 144 Å². The van der Waals surface area contributed by atoms with Crippen LogP contribution in [0.2, 0.25) is 5.02 Å². The summed E-state index contributed by atoms with van der Waals surface area (Å²) in [6, 6.07) is 13.7. The number of nitrogens with zero attached hydrogens (tertiary/aromatic N) is 1. The molecule has 2 aromatic carbocycles. The number of nitriles is 1. The molecule has 0 bridgehead atoms. The number of nitrogen functional groups attached to an aromatic ring is 1. The van der Waals surface area contributed by atoms with Crippen LogP contribution in [-0.4, -0.2) is 13.0 Å². The first kappa shape index (κ1) is 17.2.